The quantitative estimate of drug-likeness (QED) is 0.768. The normalized spacial score (nSPS) is 21.3. The number of esters is 1. The van der Waals surface area contributed by atoms with Crippen molar-refractivity contribution in [2.24, 2.45) is 0 Å². The summed E-state index contributed by atoms with van der Waals surface area (Å²) in [6, 6.07) is 2.25. The molecule has 0 radical (unpaired) electrons. The van der Waals surface area contributed by atoms with Crippen molar-refractivity contribution >= 4 is 5.97 Å². The van der Waals surface area contributed by atoms with Crippen molar-refractivity contribution in [2.45, 2.75) is 45.3 Å². The van der Waals surface area contributed by atoms with Crippen molar-refractivity contribution in [3.63, 3.8) is 0 Å². The summed E-state index contributed by atoms with van der Waals surface area (Å²) in [5, 5.41) is 0. The number of halogens is 3. The Bertz CT molecular complexity index is 555. The Labute approximate surface area is 132 Å². The van der Waals surface area contributed by atoms with Crippen LogP contribution < -0.4 is 4.74 Å². The average Bonchev–Trinajstić information content (AvgIpc) is 2.49. The molecule has 2 rings (SSSR count). The van der Waals surface area contributed by atoms with E-state index in [4.69, 9.17) is 14.2 Å². The zero-order chi connectivity index (χ0) is 17.0. The average molecular weight is 332 g/mol. The number of rotatable bonds is 5. The molecule has 2 atom stereocenters. The molecule has 4 nitrogen and oxygen atoms in total. The summed E-state index contributed by atoms with van der Waals surface area (Å²) in [5.41, 5.74) is -1.45. The highest BCUT2D eigenvalue weighted by Crippen LogP contribution is 2.33. The first-order valence-electron chi connectivity index (χ1n) is 7.50. The second-order valence-corrected chi connectivity index (χ2v) is 5.32. The van der Waals surface area contributed by atoms with E-state index >= 15 is 0 Å². The lowest BCUT2D eigenvalue weighted by molar-refractivity contribution is -0.0604. The summed E-state index contributed by atoms with van der Waals surface area (Å²) in [6.07, 6.45) is -2.21. The third-order valence-electron chi connectivity index (χ3n) is 3.61. The Balaban J connectivity index is 2.18. The third-order valence-corrected chi connectivity index (χ3v) is 3.61. The van der Waals surface area contributed by atoms with Gasteiger partial charge in [-0.3, -0.25) is 0 Å². The van der Waals surface area contributed by atoms with E-state index in [1.165, 1.54) is 0 Å². The SMILES string of the molecule is CCOc1ccc(C(=O)OC2CCC(C)OC2)c(F)c1C(F)F. The van der Waals surface area contributed by atoms with E-state index in [1.807, 2.05) is 6.92 Å². The molecule has 23 heavy (non-hydrogen) atoms. The maximum atomic E-state index is 14.3. The van der Waals surface area contributed by atoms with Crippen molar-refractivity contribution in [2.75, 3.05) is 13.2 Å². The van der Waals surface area contributed by atoms with Gasteiger partial charge in [0.25, 0.3) is 6.43 Å². The highest BCUT2D eigenvalue weighted by Gasteiger charge is 2.28. The van der Waals surface area contributed by atoms with Gasteiger partial charge >= 0.3 is 5.97 Å². The zero-order valence-corrected chi connectivity index (χ0v) is 13.0. The van der Waals surface area contributed by atoms with Gasteiger partial charge in [0.1, 0.15) is 17.7 Å². The van der Waals surface area contributed by atoms with Gasteiger partial charge in [0, 0.05) is 0 Å². The standard InChI is InChI=1S/C16H19F3O4/c1-3-21-12-7-6-11(14(17)13(12)15(18)19)16(20)23-10-5-4-9(2)22-8-10/h6-7,9-10,15H,3-5,8H2,1-2H3. The highest BCUT2D eigenvalue weighted by molar-refractivity contribution is 5.90. The molecule has 0 bridgehead atoms. The second kappa shape index (κ2) is 7.68. The third kappa shape index (κ3) is 4.16. The van der Waals surface area contributed by atoms with E-state index in [-0.39, 0.29) is 25.1 Å². The molecule has 1 saturated heterocycles. The van der Waals surface area contributed by atoms with Crippen LogP contribution in [0, 0.1) is 5.82 Å². The van der Waals surface area contributed by atoms with E-state index < -0.39 is 35.4 Å². The maximum Gasteiger partial charge on any atom is 0.341 e. The van der Waals surface area contributed by atoms with Gasteiger partial charge in [-0.05, 0) is 38.8 Å². The number of carbonyl (C=O) groups excluding carboxylic acids is 1. The van der Waals surface area contributed by atoms with Gasteiger partial charge in [-0.2, -0.15) is 0 Å². The monoisotopic (exact) mass is 332 g/mol. The van der Waals surface area contributed by atoms with Crippen LogP contribution in [0.3, 0.4) is 0 Å². The molecule has 0 amide bonds. The van der Waals surface area contributed by atoms with Gasteiger partial charge in [0.2, 0.25) is 0 Å². The molecule has 1 aromatic rings. The molecule has 128 valence electrons. The number of hydrogen-bond donors (Lipinski definition) is 0. The van der Waals surface area contributed by atoms with Gasteiger partial charge in [-0.15, -0.1) is 0 Å². The van der Waals surface area contributed by atoms with E-state index in [9.17, 15) is 18.0 Å². The fourth-order valence-corrected chi connectivity index (χ4v) is 2.38. The van der Waals surface area contributed by atoms with Crippen molar-refractivity contribution in [3.8, 4) is 5.75 Å². The Morgan fingerprint density at radius 2 is 2.13 bits per heavy atom. The van der Waals surface area contributed by atoms with Crippen molar-refractivity contribution < 1.29 is 32.2 Å². The molecule has 7 heteroatoms. The fourth-order valence-electron chi connectivity index (χ4n) is 2.38. The molecule has 0 aliphatic carbocycles. The van der Waals surface area contributed by atoms with Gasteiger partial charge < -0.3 is 14.2 Å². The van der Waals surface area contributed by atoms with E-state index in [0.29, 0.717) is 12.8 Å². The fraction of sp³-hybridized carbons (Fsp3) is 0.562. The molecule has 1 aromatic carbocycles. The van der Waals surface area contributed by atoms with Gasteiger partial charge in [0.15, 0.2) is 0 Å². The highest BCUT2D eigenvalue weighted by atomic mass is 19.3. The summed E-state index contributed by atoms with van der Waals surface area (Å²) in [5.74, 6) is -2.55. The predicted octanol–water partition coefficient (Wildman–Crippen LogP) is 3.89. The van der Waals surface area contributed by atoms with Crippen LogP contribution in [0.15, 0.2) is 12.1 Å². The van der Waals surface area contributed by atoms with Crippen molar-refractivity contribution in [3.05, 3.63) is 29.1 Å². The Kier molecular flexibility index (Phi) is 5.87. The van der Waals surface area contributed by atoms with E-state index in [2.05, 4.69) is 0 Å². The minimum Gasteiger partial charge on any atom is -0.493 e. The van der Waals surface area contributed by atoms with Gasteiger partial charge in [-0.25, -0.2) is 18.0 Å². The Hall–Kier alpha value is -1.76. The number of hydrogen-bond acceptors (Lipinski definition) is 4. The van der Waals surface area contributed by atoms with E-state index in [1.54, 1.807) is 6.92 Å². The first-order chi connectivity index (χ1) is 10.9. The number of benzene rings is 1. The molecule has 1 fully saturated rings. The lowest BCUT2D eigenvalue weighted by Gasteiger charge is -2.26. The van der Waals surface area contributed by atoms with Crippen LogP contribution in [-0.2, 0) is 9.47 Å². The van der Waals surface area contributed by atoms with E-state index in [0.717, 1.165) is 12.1 Å². The minimum atomic E-state index is -3.09. The Morgan fingerprint density at radius 3 is 2.70 bits per heavy atom. The largest absolute Gasteiger partial charge is 0.493 e. The van der Waals surface area contributed by atoms with Crippen molar-refractivity contribution in [1.82, 2.24) is 0 Å². The first kappa shape index (κ1) is 17.6. The lowest BCUT2D eigenvalue weighted by Crippen LogP contribution is -2.32. The summed E-state index contributed by atoms with van der Waals surface area (Å²) in [4.78, 5) is 12.1. The number of ether oxygens (including phenoxy) is 3. The molecule has 1 aliphatic rings. The van der Waals surface area contributed by atoms with Crippen LogP contribution >= 0.6 is 0 Å². The molecular formula is C16H19F3O4. The smallest absolute Gasteiger partial charge is 0.341 e. The molecule has 1 aliphatic heterocycles. The van der Waals surface area contributed by atoms with Crippen LogP contribution in [0.4, 0.5) is 13.2 Å². The molecule has 1 heterocycles. The van der Waals surface area contributed by atoms with Crippen LogP contribution in [0.1, 0.15) is 49.0 Å². The molecular weight excluding hydrogens is 313 g/mol. The summed E-state index contributed by atoms with van der Waals surface area (Å²) < 4.78 is 55.9. The van der Waals surface area contributed by atoms with Crippen LogP contribution in [0.5, 0.6) is 5.75 Å². The molecule has 0 aromatic heterocycles. The maximum absolute atomic E-state index is 14.3. The van der Waals surface area contributed by atoms with Gasteiger partial charge in [-0.1, -0.05) is 0 Å². The summed E-state index contributed by atoms with van der Waals surface area (Å²) in [7, 11) is 0. The minimum absolute atomic E-state index is 0.0811. The zero-order valence-electron chi connectivity index (χ0n) is 13.0. The summed E-state index contributed by atoms with van der Waals surface area (Å²) >= 11 is 0. The Morgan fingerprint density at radius 1 is 1.39 bits per heavy atom. The topological polar surface area (TPSA) is 44.8 Å². The number of carbonyl (C=O) groups is 1. The lowest BCUT2D eigenvalue weighted by atomic mass is 10.1. The van der Waals surface area contributed by atoms with Gasteiger partial charge in [0.05, 0.1) is 30.4 Å². The van der Waals surface area contributed by atoms with Crippen LogP contribution in [-0.4, -0.2) is 31.4 Å². The molecule has 2 unspecified atom stereocenters. The molecule has 0 saturated carbocycles. The molecule has 0 N–H and O–H groups in total. The first-order valence-corrected chi connectivity index (χ1v) is 7.50. The van der Waals surface area contributed by atoms with Crippen LogP contribution in [0.25, 0.3) is 0 Å². The predicted molar refractivity (Wildman–Crippen MR) is 76.4 cm³/mol. The number of alkyl halides is 2. The van der Waals surface area contributed by atoms with Crippen LogP contribution in [0.2, 0.25) is 0 Å². The second-order valence-electron chi connectivity index (χ2n) is 5.32. The van der Waals surface area contributed by atoms with Crippen molar-refractivity contribution in [1.29, 1.82) is 0 Å². The summed E-state index contributed by atoms with van der Waals surface area (Å²) in [6.45, 7) is 3.83. The molecule has 0 spiro atoms.